The van der Waals surface area contributed by atoms with Gasteiger partial charge in [-0.2, -0.15) is 0 Å². The third-order valence-corrected chi connectivity index (χ3v) is 4.65. The van der Waals surface area contributed by atoms with Crippen LogP contribution in [0.1, 0.15) is 17.5 Å². The Bertz CT molecular complexity index is 890. The Hall–Kier alpha value is -2.76. The van der Waals surface area contributed by atoms with Crippen LogP contribution in [0.15, 0.2) is 66.9 Å². The number of pyridine rings is 1. The molecule has 0 aliphatic carbocycles. The molecule has 0 radical (unpaired) electrons. The lowest BCUT2D eigenvalue weighted by atomic mass is 10.2. The van der Waals surface area contributed by atoms with Crippen molar-refractivity contribution >= 4 is 11.6 Å². The average Bonchev–Trinajstić information content (AvgIpc) is 2.76. The molecule has 2 aromatic carbocycles. The van der Waals surface area contributed by atoms with Crippen LogP contribution in [-0.4, -0.2) is 25.2 Å². The van der Waals surface area contributed by atoms with E-state index in [0.717, 1.165) is 30.6 Å². The van der Waals surface area contributed by atoms with Crippen molar-refractivity contribution in [3.63, 3.8) is 0 Å². The fourth-order valence-corrected chi connectivity index (χ4v) is 2.94. The molecule has 1 N–H and O–H groups in total. The molecule has 6 heteroatoms. The van der Waals surface area contributed by atoms with Crippen molar-refractivity contribution in [3.8, 4) is 17.4 Å². The lowest BCUT2D eigenvalue weighted by Crippen LogP contribution is -2.17. The van der Waals surface area contributed by atoms with Crippen LogP contribution in [-0.2, 0) is 13.2 Å². The lowest BCUT2D eigenvalue weighted by molar-refractivity contribution is 0.284. The van der Waals surface area contributed by atoms with E-state index in [-0.39, 0.29) is 0 Å². The third kappa shape index (κ3) is 6.66. The summed E-state index contributed by atoms with van der Waals surface area (Å²) < 4.78 is 17.0. The molecule has 0 spiro atoms. The maximum Gasteiger partial charge on any atom is 0.213 e. The number of benzene rings is 2. The van der Waals surface area contributed by atoms with Crippen molar-refractivity contribution in [2.45, 2.75) is 19.6 Å². The molecule has 1 heterocycles. The molecular weight excluding hydrogens is 388 g/mol. The van der Waals surface area contributed by atoms with Gasteiger partial charge in [-0.1, -0.05) is 41.9 Å². The maximum absolute atomic E-state index is 6.19. The highest BCUT2D eigenvalue weighted by Gasteiger charge is 2.07. The van der Waals surface area contributed by atoms with Crippen molar-refractivity contribution in [1.29, 1.82) is 0 Å². The number of aromatic nitrogens is 1. The Morgan fingerprint density at radius 2 is 1.83 bits per heavy atom. The van der Waals surface area contributed by atoms with Gasteiger partial charge < -0.3 is 19.5 Å². The van der Waals surface area contributed by atoms with Gasteiger partial charge >= 0.3 is 0 Å². The molecule has 0 atom stereocenters. The summed E-state index contributed by atoms with van der Waals surface area (Å²) in [5.74, 6) is 2.05. The fourth-order valence-electron chi connectivity index (χ4n) is 2.75. The number of rotatable bonds is 11. The van der Waals surface area contributed by atoms with E-state index in [1.165, 1.54) is 0 Å². The Kier molecular flexibility index (Phi) is 8.16. The molecule has 3 rings (SSSR count). The highest BCUT2D eigenvalue weighted by atomic mass is 35.5. The van der Waals surface area contributed by atoms with Crippen LogP contribution in [0.4, 0.5) is 0 Å². The van der Waals surface area contributed by atoms with Crippen LogP contribution in [0.2, 0.25) is 5.02 Å². The Balaban J connectivity index is 1.43. The zero-order chi connectivity index (χ0) is 20.3. The van der Waals surface area contributed by atoms with E-state index in [9.17, 15) is 0 Å². The van der Waals surface area contributed by atoms with E-state index < -0.39 is 0 Å². The molecule has 3 aromatic rings. The van der Waals surface area contributed by atoms with E-state index in [0.29, 0.717) is 35.6 Å². The van der Waals surface area contributed by atoms with Crippen molar-refractivity contribution in [3.05, 3.63) is 83.0 Å². The molecule has 0 saturated carbocycles. The smallest absolute Gasteiger partial charge is 0.213 e. The Morgan fingerprint density at radius 3 is 2.62 bits per heavy atom. The summed E-state index contributed by atoms with van der Waals surface area (Å²) >= 11 is 6.19. The van der Waals surface area contributed by atoms with E-state index in [2.05, 4.69) is 10.3 Å². The summed E-state index contributed by atoms with van der Waals surface area (Å²) in [6.07, 6.45) is 2.62. The van der Waals surface area contributed by atoms with Gasteiger partial charge in [-0.3, -0.25) is 0 Å². The van der Waals surface area contributed by atoms with Crippen LogP contribution in [0.5, 0.6) is 17.4 Å². The quantitative estimate of drug-likeness (QED) is 0.455. The summed E-state index contributed by atoms with van der Waals surface area (Å²) in [6, 6.07) is 19.2. The zero-order valence-electron chi connectivity index (χ0n) is 16.4. The molecule has 0 bridgehead atoms. The van der Waals surface area contributed by atoms with Crippen molar-refractivity contribution in [2.24, 2.45) is 0 Å². The zero-order valence-corrected chi connectivity index (χ0v) is 17.2. The van der Waals surface area contributed by atoms with Gasteiger partial charge in [0.25, 0.3) is 0 Å². The lowest BCUT2D eigenvalue weighted by Gasteiger charge is -2.13. The minimum absolute atomic E-state index is 0.393. The molecule has 1 aromatic heterocycles. The van der Waals surface area contributed by atoms with Crippen molar-refractivity contribution in [1.82, 2.24) is 10.3 Å². The topological polar surface area (TPSA) is 52.6 Å². The van der Waals surface area contributed by atoms with Gasteiger partial charge in [0.1, 0.15) is 6.61 Å². The molecule has 0 fully saturated rings. The second-order valence-electron chi connectivity index (χ2n) is 6.41. The first kappa shape index (κ1) is 21.0. The summed E-state index contributed by atoms with van der Waals surface area (Å²) in [4.78, 5) is 4.13. The van der Waals surface area contributed by atoms with Gasteiger partial charge in [-0.25, -0.2) is 4.98 Å². The highest BCUT2D eigenvalue weighted by molar-refractivity contribution is 6.31. The van der Waals surface area contributed by atoms with Crippen molar-refractivity contribution in [2.75, 3.05) is 20.3 Å². The molecule has 0 unspecified atom stereocenters. The molecule has 152 valence electrons. The molecule has 0 saturated heterocycles. The number of hydrogen-bond acceptors (Lipinski definition) is 5. The molecular formula is C23H25ClN2O3. The van der Waals surface area contributed by atoms with Gasteiger partial charge in [-0.05, 0) is 42.8 Å². The average molecular weight is 413 g/mol. The summed E-state index contributed by atoms with van der Waals surface area (Å²) in [7, 11) is 1.64. The number of halogens is 1. The van der Waals surface area contributed by atoms with Crippen molar-refractivity contribution < 1.29 is 14.2 Å². The highest BCUT2D eigenvalue weighted by Crippen LogP contribution is 2.29. The Morgan fingerprint density at radius 1 is 0.966 bits per heavy atom. The van der Waals surface area contributed by atoms with Gasteiger partial charge in [0, 0.05) is 29.4 Å². The normalized spacial score (nSPS) is 10.6. The monoisotopic (exact) mass is 412 g/mol. The summed E-state index contributed by atoms with van der Waals surface area (Å²) in [5, 5.41) is 4.10. The fraction of sp³-hybridized carbons (Fsp3) is 0.261. The largest absolute Gasteiger partial charge is 0.493 e. The number of nitrogens with one attached hydrogen (secondary N) is 1. The first-order chi connectivity index (χ1) is 14.3. The van der Waals surface area contributed by atoms with Crippen LogP contribution < -0.4 is 19.5 Å². The number of nitrogens with zero attached hydrogens (tertiary/aromatic N) is 1. The third-order valence-electron chi connectivity index (χ3n) is 4.28. The summed E-state index contributed by atoms with van der Waals surface area (Å²) in [6.45, 7) is 2.61. The summed E-state index contributed by atoms with van der Waals surface area (Å²) in [5.41, 5.74) is 2.06. The van der Waals surface area contributed by atoms with E-state index in [1.54, 1.807) is 13.3 Å². The minimum atomic E-state index is 0.393. The van der Waals surface area contributed by atoms with E-state index >= 15 is 0 Å². The van der Waals surface area contributed by atoms with Crippen LogP contribution >= 0.6 is 11.6 Å². The van der Waals surface area contributed by atoms with Gasteiger partial charge in [0.05, 0.1) is 13.7 Å². The minimum Gasteiger partial charge on any atom is -0.493 e. The van der Waals surface area contributed by atoms with Gasteiger partial charge in [-0.15, -0.1) is 0 Å². The SMILES string of the molecule is COc1cc(CNCCCOc2ccccn2)ccc1OCc1ccccc1Cl. The molecule has 0 aliphatic rings. The number of methoxy groups -OCH3 is 1. The first-order valence-corrected chi connectivity index (χ1v) is 9.91. The number of ether oxygens (including phenoxy) is 3. The predicted molar refractivity (Wildman–Crippen MR) is 115 cm³/mol. The molecule has 0 aliphatic heterocycles. The standard InChI is InChI=1S/C23H25ClN2O3/c1-27-22-15-18(16-25-12-6-14-28-23-9-4-5-13-26-23)10-11-21(22)29-17-19-7-2-3-8-20(19)24/h2-5,7-11,13,15,25H,6,12,14,16-17H2,1H3. The molecule has 0 amide bonds. The molecule has 29 heavy (non-hydrogen) atoms. The van der Waals surface area contributed by atoms with E-state index in [1.807, 2.05) is 60.7 Å². The first-order valence-electron chi connectivity index (χ1n) is 9.54. The van der Waals surface area contributed by atoms with E-state index in [4.69, 9.17) is 25.8 Å². The van der Waals surface area contributed by atoms with Gasteiger partial charge in [0.15, 0.2) is 11.5 Å². The number of hydrogen-bond donors (Lipinski definition) is 1. The van der Waals surface area contributed by atoms with Crippen LogP contribution in [0, 0.1) is 0 Å². The van der Waals surface area contributed by atoms with Crippen LogP contribution in [0.25, 0.3) is 0 Å². The van der Waals surface area contributed by atoms with Crippen LogP contribution in [0.3, 0.4) is 0 Å². The molecule has 5 nitrogen and oxygen atoms in total. The van der Waals surface area contributed by atoms with Gasteiger partial charge in [0.2, 0.25) is 5.88 Å². The predicted octanol–water partition coefficient (Wildman–Crippen LogP) is 4.88. The maximum atomic E-state index is 6.19. The second-order valence-corrected chi connectivity index (χ2v) is 6.82. The second kappa shape index (κ2) is 11.3. The Labute approximate surface area is 176 Å².